The van der Waals surface area contributed by atoms with Crippen molar-refractivity contribution >= 4 is 28.3 Å². The highest BCUT2D eigenvalue weighted by Gasteiger charge is 2.21. The van der Waals surface area contributed by atoms with Gasteiger partial charge >= 0.3 is 0 Å². The van der Waals surface area contributed by atoms with E-state index in [1.54, 1.807) is 0 Å². The van der Waals surface area contributed by atoms with E-state index in [4.69, 9.17) is 0 Å². The molecule has 0 radical (unpaired) electrons. The van der Waals surface area contributed by atoms with Gasteiger partial charge in [0.15, 0.2) is 0 Å². The molecule has 1 fully saturated rings. The number of likely N-dealkylation sites (tertiary alicyclic amines) is 1. The first-order chi connectivity index (χ1) is 16.0. The van der Waals surface area contributed by atoms with E-state index < -0.39 is 0 Å². The molecule has 0 atom stereocenters. The molecule has 0 saturated carbocycles. The first kappa shape index (κ1) is 23.0. The molecule has 3 aromatic rings. The summed E-state index contributed by atoms with van der Waals surface area (Å²) in [4.78, 5) is 27.0. The molecule has 2 amide bonds. The van der Waals surface area contributed by atoms with Crippen LogP contribution in [0.4, 0.5) is 5.69 Å². The molecular weight excluding hydrogens is 410 g/mol. The van der Waals surface area contributed by atoms with Crippen molar-refractivity contribution in [2.24, 2.45) is 5.92 Å². The van der Waals surface area contributed by atoms with Crippen LogP contribution in [0, 0.1) is 5.92 Å². The second-order valence-electron chi connectivity index (χ2n) is 9.20. The first-order valence-electron chi connectivity index (χ1n) is 11.9. The Hall–Kier alpha value is -3.18. The summed E-state index contributed by atoms with van der Waals surface area (Å²) in [5.74, 6) is 0.506. The maximum Gasteiger partial charge on any atom is 0.251 e. The van der Waals surface area contributed by atoms with Crippen molar-refractivity contribution < 1.29 is 9.59 Å². The predicted molar refractivity (Wildman–Crippen MR) is 135 cm³/mol. The molecule has 0 aliphatic carbocycles. The van der Waals surface area contributed by atoms with Crippen LogP contribution in [0.3, 0.4) is 0 Å². The number of benzene rings is 3. The van der Waals surface area contributed by atoms with Crippen LogP contribution in [0.15, 0.2) is 66.7 Å². The Morgan fingerprint density at radius 3 is 2.45 bits per heavy atom. The van der Waals surface area contributed by atoms with Gasteiger partial charge in [-0.2, -0.15) is 0 Å². The Morgan fingerprint density at radius 2 is 1.70 bits per heavy atom. The van der Waals surface area contributed by atoms with Crippen LogP contribution in [0.5, 0.6) is 0 Å². The van der Waals surface area contributed by atoms with E-state index in [9.17, 15) is 9.59 Å². The summed E-state index contributed by atoms with van der Waals surface area (Å²) in [7, 11) is 0. The van der Waals surface area contributed by atoms with Gasteiger partial charge < -0.3 is 15.5 Å². The lowest BCUT2D eigenvalue weighted by atomic mass is 9.89. The number of rotatable bonds is 7. The molecule has 1 heterocycles. The van der Waals surface area contributed by atoms with Gasteiger partial charge in [-0.05, 0) is 72.5 Å². The lowest BCUT2D eigenvalue weighted by Gasteiger charge is -2.32. The van der Waals surface area contributed by atoms with E-state index in [1.165, 1.54) is 5.56 Å². The average molecular weight is 444 g/mol. The molecule has 5 nitrogen and oxygen atoms in total. The number of carbonyl (C=O) groups excluding carboxylic acids is 2. The zero-order valence-electron chi connectivity index (χ0n) is 19.5. The lowest BCUT2D eigenvalue weighted by molar-refractivity contribution is -0.118. The second-order valence-corrected chi connectivity index (χ2v) is 9.20. The van der Waals surface area contributed by atoms with Crippen LogP contribution in [0.1, 0.15) is 48.5 Å². The van der Waals surface area contributed by atoms with Gasteiger partial charge in [0.25, 0.3) is 5.91 Å². The average Bonchev–Trinajstić information content (AvgIpc) is 2.84. The topological polar surface area (TPSA) is 61.4 Å². The van der Waals surface area contributed by atoms with Gasteiger partial charge in [0.05, 0.1) is 0 Å². The van der Waals surface area contributed by atoms with E-state index in [0.29, 0.717) is 18.0 Å². The van der Waals surface area contributed by atoms with Gasteiger partial charge in [0.2, 0.25) is 5.91 Å². The van der Waals surface area contributed by atoms with Gasteiger partial charge in [-0.15, -0.1) is 0 Å². The molecule has 1 saturated heterocycles. The smallest absolute Gasteiger partial charge is 0.251 e. The van der Waals surface area contributed by atoms with Crippen LogP contribution in [0.2, 0.25) is 0 Å². The standard InChI is InChI=1S/C28H33N3O2/c1-20(2)27(32)30-26-9-5-8-24(19-26)22-12-15-31(16-13-22)17-14-29-28(33)25-11-10-21-6-3-4-7-23(21)18-25/h3-11,18-20,22H,12-17H2,1-2H3,(H,29,33)(H,30,32). The Bertz CT molecular complexity index is 1120. The molecule has 0 spiro atoms. The third-order valence-corrected chi connectivity index (χ3v) is 6.46. The Balaban J connectivity index is 1.23. The summed E-state index contributed by atoms with van der Waals surface area (Å²) in [6.07, 6.45) is 2.17. The normalized spacial score (nSPS) is 15.0. The fourth-order valence-electron chi connectivity index (χ4n) is 4.41. The van der Waals surface area contributed by atoms with Crippen molar-refractivity contribution in [3.63, 3.8) is 0 Å². The molecule has 1 aliphatic heterocycles. The molecule has 2 N–H and O–H groups in total. The molecule has 0 unspecified atom stereocenters. The van der Waals surface area contributed by atoms with E-state index in [-0.39, 0.29) is 17.7 Å². The SMILES string of the molecule is CC(C)C(=O)Nc1cccc(C2CCN(CCNC(=O)c3ccc4ccccc4c3)CC2)c1. The van der Waals surface area contributed by atoms with Crippen molar-refractivity contribution in [1.29, 1.82) is 0 Å². The highest BCUT2D eigenvalue weighted by molar-refractivity contribution is 5.98. The lowest BCUT2D eigenvalue weighted by Crippen LogP contribution is -2.39. The summed E-state index contributed by atoms with van der Waals surface area (Å²) in [5, 5.41) is 8.30. The Labute approximate surface area is 196 Å². The number of nitrogens with one attached hydrogen (secondary N) is 2. The number of carbonyl (C=O) groups is 2. The Kier molecular flexibility index (Phi) is 7.40. The van der Waals surface area contributed by atoms with Gasteiger partial charge in [-0.1, -0.05) is 56.3 Å². The molecular formula is C28H33N3O2. The molecule has 0 bridgehead atoms. The second kappa shape index (κ2) is 10.6. The number of hydrogen-bond acceptors (Lipinski definition) is 3. The van der Waals surface area contributed by atoms with E-state index in [2.05, 4.69) is 33.7 Å². The highest BCUT2D eigenvalue weighted by atomic mass is 16.2. The highest BCUT2D eigenvalue weighted by Crippen LogP contribution is 2.29. The molecule has 0 aromatic heterocycles. The van der Waals surface area contributed by atoms with E-state index in [0.717, 1.165) is 48.9 Å². The van der Waals surface area contributed by atoms with Crippen LogP contribution < -0.4 is 10.6 Å². The molecule has 3 aromatic carbocycles. The minimum atomic E-state index is -0.0291. The minimum absolute atomic E-state index is 0.0177. The fraction of sp³-hybridized carbons (Fsp3) is 0.357. The third kappa shape index (κ3) is 5.99. The Morgan fingerprint density at radius 1 is 0.939 bits per heavy atom. The van der Waals surface area contributed by atoms with Crippen LogP contribution in [-0.4, -0.2) is 42.9 Å². The summed E-state index contributed by atoms with van der Waals surface area (Å²) in [5.41, 5.74) is 2.88. The number of hydrogen-bond donors (Lipinski definition) is 2. The van der Waals surface area contributed by atoms with Gasteiger partial charge in [-0.3, -0.25) is 9.59 Å². The number of piperidine rings is 1. The number of nitrogens with zero attached hydrogens (tertiary/aromatic N) is 1. The molecule has 33 heavy (non-hydrogen) atoms. The van der Waals surface area contributed by atoms with Crippen LogP contribution >= 0.6 is 0 Å². The molecule has 4 rings (SSSR count). The van der Waals surface area contributed by atoms with Crippen LogP contribution in [-0.2, 0) is 4.79 Å². The fourth-order valence-corrected chi connectivity index (χ4v) is 4.41. The number of anilines is 1. The summed E-state index contributed by atoms with van der Waals surface area (Å²) < 4.78 is 0. The summed E-state index contributed by atoms with van der Waals surface area (Å²) in [6, 6.07) is 22.2. The first-order valence-corrected chi connectivity index (χ1v) is 11.9. The van der Waals surface area contributed by atoms with Crippen molar-refractivity contribution in [2.75, 3.05) is 31.5 Å². The van der Waals surface area contributed by atoms with Crippen molar-refractivity contribution in [3.8, 4) is 0 Å². The summed E-state index contributed by atoms with van der Waals surface area (Å²) >= 11 is 0. The van der Waals surface area contributed by atoms with E-state index >= 15 is 0 Å². The quantitative estimate of drug-likeness (QED) is 0.538. The van der Waals surface area contributed by atoms with Gasteiger partial charge in [0, 0.05) is 30.3 Å². The van der Waals surface area contributed by atoms with Crippen molar-refractivity contribution in [1.82, 2.24) is 10.2 Å². The van der Waals surface area contributed by atoms with Crippen molar-refractivity contribution in [3.05, 3.63) is 77.9 Å². The molecule has 5 heteroatoms. The van der Waals surface area contributed by atoms with E-state index in [1.807, 2.05) is 62.4 Å². The maximum atomic E-state index is 12.6. The molecule has 172 valence electrons. The largest absolute Gasteiger partial charge is 0.351 e. The monoisotopic (exact) mass is 443 g/mol. The third-order valence-electron chi connectivity index (χ3n) is 6.46. The van der Waals surface area contributed by atoms with Gasteiger partial charge in [0.1, 0.15) is 0 Å². The van der Waals surface area contributed by atoms with Crippen molar-refractivity contribution in [2.45, 2.75) is 32.6 Å². The summed E-state index contributed by atoms with van der Waals surface area (Å²) in [6.45, 7) is 7.33. The van der Waals surface area contributed by atoms with Gasteiger partial charge in [-0.25, -0.2) is 0 Å². The number of fused-ring (bicyclic) bond motifs is 1. The molecule has 1 aliphatic rings. The number of amides is 2. The van der Waals surface area contributed by atoms with Crippen LogP contribution in [0.25, 0.3) is 10.8 Å². The predicted octanol–water partition coefficient (Wildman–Crippen LogP) is 5.04. The zero-order chi connectivity index (χ0) is 23.2. The maximum absolute atomic E-state index is 12.6. The zero-order valence-corrected chi connectivity index (χ0v) is 19.5. The minimum Gasteiger partial charge on any atom is -0.351 e.